The number of halogens is 1. The Hall–Kier alpha value is -2.49. The average molecular weight is 455 g/mol. The molecule has 1 aliphatic carbocycles. The molecule has 2 fully saturated rings. The second-order valence-corrected chi connectivity index (χ2v) is 10.5. The fourth-order valence-corrected chi connectivity index (χ4v) is 5.13. The van der Waals surface area contributed by atoms with Crippen molar-refractivity contribution in [2.75, 3.05) is 24.7 Å². The van der Waals surface area contributed by atoms with Crippen LogP contribution in [0.5, 0.6) is 5.75 Å². The number of benzene rings is 1. The second-order valence-electron chi connectivity index (χ2n) is 8.25. The quantitative estimate of drug-likeness (QED) is 0.406. The van der Waals surface area contributed by atoms with Gasteiger partial charge in [0, 0.05) is 6.42 Å². The lowest BCUT2D eigenvalue weighted by Gasteiger charge is -2.15. The smallest absolute Gasteiger partial charge is 0.331 e. The summed E-state index contributed by atoms with van der Waals surface area (Å²) in [4.78, 5) is 35.4. The number of rotatable bonds is 11. The largest absolute Gasteiger partial charge is 0.490 e. The summed E-state index contributed by atoms with van der Waals surface area (Å²) in [6, 6.07) is 3.70. The van der Waals surface area contributed by atoms with Crippen LogP contribution in [0.1, 0.15) is 50.5 Å². The van der Waals surface area contributed by atoms with Gasteiger partial charge in [-0.1, -0.05) is 13.0 Å². The molecule has 1 N–H and O–H groups in total. The molecule has 3 rings (SSSR count). The van der Waals surface area contributed by atoms with E-state index in [0.29, 0.717) is 24.5 Å². The first kappa shape index (κ1) is 23.2. The van der Waals surface area contributed by atoms with E-state index < -0.39 is 33.5 Å². The minimum Gasteiger partial charge on any atom is -0.490 e. The van der Waals surface area contributed by atoms with Crippen molar-refractivity contribution in [1.82, 2.24) is 10.2 Å². The highest BCUT2D eigenvalue weighted by Crippen LogP contribution is 2.31. The summed E-state index contributed by atoms with van der Waals surface area (Å²) < 4.78 is 44.4. The molecule has 0 spiro atoms. The number of hydrogen-bond donors (Lipinski definition) is 1. The van der Waals surface area contributed by atoms with E-state index >= 15 is 0 Å². The van der Waals surface area contributed by atoms with Gasteiger partial charge >= 0.3 is 6.03 Å². The van der Waals surface area contributed by atoms with Gasteiger partial charge in [-0.05, 0) is 55.2 Å². The van der Waals surface area contributed by atoms with Crippen molar-refractivity contribution >= 4 is 27.7 Å². The molecule has 1 atom stereocenters. The minimum absolute atomic E-state index is 0.00850. The molecule has 1 saturated carbocycles. The number of amides is 4. The van der Waals surface area contributed by atoms with E-state index in [-0.39, 0.29) is 42.6 Å². The molecule has 0 bridgehead atoms. The summed E-state index contributed by atoms with van der Waals surface area (Å²) in [7, 11) is -3.40. The fraction of sp³-hybridized carbons (Fsp3) is 0.571. The summed E-state index contributed by atoms with van der Waals surface area (Å²) in [5.41, 5.74) is 0.690. The zero-order chi connectivity index (χ0) is 22.6. The molecule has 1 aliphatic heterocycles. The average Bonchev–Trinajstić information content (AvgIpc) is 3.46. The Bertz CT molecular complexity index is 961. The van der Waals surface area contributed by atoms with Crippen molar-refractivity contribution in [2.24, 2.45) is 5.92 Å². The van der Waals surface area contributed by atoms with Crippen LogP contribution >= 0.6 is 0 Å². The van der Waals surface area contributed by atoms with Crippen LogP contribution in [-0.2, 0) is 19.4 Å². The summed E-state index contributed by atoms with van der Waals surface area (Å²) in [5.74, 6) is -1.40. The predicted molar refractivity (Wildman–Crippen MR) is 111 cm³/mol. The normalized spacial score (nSPS) is 17.5. The summed E-state index contributed by atoms with van der Waals surface area (Å²) in [6.07, 6.45) is 2.73. The third-order valence-corrected chi connectivity index (χ3v) is 7.31. The number of urea groups is 1. The van der Waals surface area contributed by atoms with Crippen LogP contribution in [0, 0.1) is 11.7 Å². The Kier molecular flexibility index (Phi) is 7.30. The molecule has 0 aromatic heterocycles. The topological polar surface area (TPSA) is 110 Å². The number of hydrogen-bond acceptors (Lipinski definition) is 6. The highest BCUT2D eigenvalue weighted by atomic mass is 32.2. The third-order valence-electron chi connectivity index (χ3n) is 5.39. The molecule has 2 aliphatic rings. The zero-order valence-corrected chi connectivity index (χ0v) is 18.3. The highest BCUT2D eigenvalue weighted by molar-refractivity contribution is 7.91. The maximum Gasteiger partial charge on any atom is 0.331 e. The third kappa shape index (κ3) is 6.75. The lowest BCUT2D eigenvalue weighted by molar-refractivity contribution is -0.130. The summed E-state index contributed by atoms with van der Waals surface area (Å²) in [5, 5.41) is 2.02. The van der Waals surface area contributed by atoms with Crippen LogP contribution in [0.15, 0.2) is 18.2 Å². The van der Waals surface area contributed by atoms with Gasteiger partial charge in [0.05, 0.1) is 18.1 Å². The summed E-state index contributed by atoms with van der Waals surface area (Å²) in [6.45, 7) is 1.94. The van der Waals surface area contributed by atoms with Crippen LogP contribution in [0.3, 0.4) is 0 Å². The minimum atomic E-state index is -3.40. The van der Waals surface area contributed by atoms with Gasteiger partial charge in [-0.15, -0.1) is 0 Å². The molecule has 1 aromatic rings. The molecule has 0 radical (unpaired) electrons. The highest BCUT2D eigenvalue weighted by Gasteiger charge is 2.31. The first-order chi connectivity index (χ1) is 14.6. The van der Waals surface area contributed by atoms with Crippen LogP contribution in [0.4, 0.5) is 9.18 Å². The van der Waals surface area contributed by atoms with Crippen molar-refractivity contribution < 1.29 is 31.9 Å². The Morgan fingerprint density at radius 3 is 2.68 bits per heavy atom. The maximum absolute atomic E-state index is 14.0. The van der Waals surface area contributed by atoms with Crippen LogP contribution < -0.4 is 10.1 Å². The van der Waals surface area contributed by atoms with E-state index in [1.807, 2.05) is 5.32 Å². The SMILES string of the molecule is C[C@@H](CS(=O)(=O)CCCCC(=O)N1CC(=O)NC1=O)c1ccc(F)c(OCC2CC2)c1. The van der Waals surface area contributed by atoms with Gasteiger partial charge in [-0.25, -0.2) is 17.6 Å². The van der Waals surface area contributed by atoms with Crippen molar-refractivity contribution in [2.45, 2.75) is 44.9 Å². The number of carbonyl (C=O) groups is 3. The molecule has 1 aromatic carbocycles. The zero-order valence-electron chi connectivity index (χ0n) is 17.4. The standard InChI is InChI=1S/C21H27FN2O6S/c1-14(16-7-8-17(22)18(10-16)30-12-15-5-6-15)13-31(28,29)9-3-2-4-20(26)24-11-19(25)23-21(24)27/h7-8,10,14-15H,2-6,9,11-13H2,1H3,(H,23,25,27)/t14-/m0/s1. The van der Waals surface area contributed by atoms with Crippen molar-refractivity contribution in [3.63, 3.8) is 0 Å². The lowest BCUT2D eigenvalue weighted by atomic mass is 10.0. The van der Waals surface area contributed by atoms with Gasteiger partial charge in [-0.2, -0.15) is 0 Å². The first-order valence-electron chi connectivity index (χ1n) is 10.4. The van der Waals surface area contributed by atoms with Crippen molar-refractivity contribution in [1.29, 1.82) is 0 Å². The Morgan fingerprint density at radius 1 is 1.29 bits per heavy atom. The second kappa shape index (κ2) is 9.76. The van der Waals surface area contributed by atoms with E-state index in [1.165, 1.54) is 6.07 Å². The van der Waals surface area contributed by atoms with E-state index in [4.69, 9.17) is 4.74 Å². The predicted octanol–water partition coefficient (Wildman–Crippen LogP) is 2.38. The molecule has 31 heavy (non-hydrogen) atoms. The molecular formula is C21H27FN2O6S. The fourth-order valence-electron chi connectivity index (χ4n) is 3.37. The van der Waals surface area contributed by atoms with Crippen molar-refractivity contribution in [3.8, 4) is 5.75 Å². The number of imide groups is 2. The van der Waals surface area contributed by atoms with Crippen molar-refractivity contribution in [3.05, 3.63) is 29.6 Å². The molecule has 8 nitrogen and oxygen atoms in total. The van der Waals surface area contributed by atoms with Gasteiger partial charge < -0.3 is 4.74 Å². The van der Waals surface area contributed by atoms with E-state index in [2.05, 4.69) is 0 Å². The molecule has 10 heteroatoms. The van der Waals surface area contributed by atoms with Gasteiger partial charge in [0.15, 0.2) is 21.4 Å². The monoisotopic (exact) mass is 454 g/mol. The molecule has 1 heterocycles. The van der Waals surface area contributed by atoms with Gasteiger partial charge in [0.2, 0.25) is 11.8 Å². The van der Waals surface area contributed by atoms with Gasteiger partial charge in [0.1, 0.15) is 6.54 Å². The number of carbonyl (C=O) groups excluding carboxylic acids is 3. The molecule has 1 saturated heterocycles. The van der Waals surface area contributed by atoms with E-state index in [0.717, 1.165) is 17.7 Å². The molecule has 170 valence electrons. The lowest BCUT2D eigenvalue weighted by Crippen LogP contribution is -2.34. The molecule has 0 unspecified atom stereocenters. The maximum atomic E-state index is 14.0. The van der Waals surface area contributed by atoms with E-state index in [9.17, 15) is 27.2 Å². The Morgan fingerprint density at radius 2 is 2.03 bits per heavy atom. The Labute approximate surface area is 181 Å². The van der Waals surface area contributed by atoms with Gasteiger partial charge in [-0.3, -0.25) is 19.8 Å². The van der Waals surface area contributed by atoms with Crippen LogP contribution in [0.25, 0.3) is 0 Å². The number of nitrogens with one attached hydrogen (secondary N) is 1. The van der Waals surface area contributed by atoms with Gasteiger partial charge in [0.25, 0.3) is 0 Å². The number of nitrogens with zero attached hydrogens (tertiary/aromatic N) is 1. The number of unbranched alkanes of at least 4 members (excludes halogenated alkanes) is 1. The number of ether oxygens (including phenoxy) is 1. The van der Waals surface area contributed by atoms with E-state index in [1.54, 1.807) is 19.1 Å². The first-order valence-corrected chi connectivity index (χ1v) is 12.2. The van der Waals surface area contributed by atoms with Crippen LogP contribution in [-0.4, -0.2) is 55.8 Å². The summed E-state index contributed by atoms with van der Waals surface area (Å²) >= 11 is 0. The molecular weight excluding hydrogens is 427 g/mol. The number of sulfone groups is 1. The molecule has 4 amide bonds. The van der Waals surface area contributed by atoms with Crippen LogP contribution in [0.2, 0.25) is 0 Å². The Balaban J connectivity index is 1.45.